The van der Waals surface area contributed by atoms with Gasteiger partial charge in [0.1, 0.15) is 0 Å². The van der Waals surface area contributed by atoms with Gasteiger partial charge in [0.15, 0.2) is 0 Å². The molecule has 0 aliphatic carbocycles. The molecule has 3 nitrogen and oxygen atoms in total. The maximum Gasteiger partial charge on any atom is 0.234 e. The quantitative estimate of drug-likeness (QED) is 0.670. The SMILES string of the molecule is CCC(NCC(CC)(CC)SC)C(N)=O. The number of hydrogen-bond donors (Lipinski definition) is 2. The Balaban J connectivity index is 4.25. The highest BCUT2D eigenvalue weighted by molar-refractivity contribution is 8.00. The van der Waals surface area contributed by atoms with Crippen LogP contribution in [0.1, 0.15) is 40.0 Å². The number of hydrogen-bond acceptors (Lipinski definition) is 3. The molecule has 1 atom stereocenters. The molecule has 0 heterocycles. The molecule has 0 aromatic rings. The molecule has 0 aliphatic rings. The van der Waals surface area contributed by atoms with Crippen molar-refractivity contribution in [1.29, 1.82) is 0 Å². The summed E-state index contributed by atoms with van der Waals surface area (Å²) in [5.74, 6) is -0.250. The number of thioether (sulfide) groups is 1. The van der Waals surface area contributed by atoms with Crippen molar-refractivity contribution in [2.45, 2.75) is 50.8 Å². The Morgan fingerprint density at radius 2 is 1.93 bits per heavy atom. The lowest BCUT2D eigenvalue weighted by molar-refractivity contribution is -0.120. The van der Waals surface area contributed by atoms with Gasteiger partial charge in [0, 0.05) is 11.3 Å². The summed E-state index contributed by atoms with van der Waals surface area (Å²) < 4.78 is 0.239. The third-order valence-electron chi connectivity index (χ3n) is 3.14. The predicted molar refractivity (Wildman–Crippen MR) is 68.1 cm³/mol. The maximum atomic E-state index is 11.1. The van der Waals surface area contributed by atoms with Gasteiger partial charge in [0.2, 0.25) is 5.91 Å². The van der Waals surface area contributed by atoms with E-state index in [9.17, 15) is 4.79 Å². The van der Waals surface area contributed by atoms with E-state index in [1.807, 2.05) is 18.7 Å². The van der Waals surface area contributed by atoms with Crippen LogP contribution in [0.2, 0.25) is 0 Å². The lowest BCUT2D eigenvalue weighted by Gasteiger charge is -2.31. The van der Waals surface area contributed by atoms with Crippen molar-refractivity contribution in [3.05, 3.63) is 0 Å². The van der Waals surface area contributed by atoms with Crippen LogP contribution < -0.4 is 11.1 Å². The van der Waals surface area contributed by atoms with Crippen molar-refractivity contribution < 1.29 is 4.79 Å². The molecule has 0 aliphatic heterocycles. The molecule has 0 fully saturated rings. The summed E-state index contributed by atoms with van der Waals surface area (Å²) in [5, 5.41) is 3.27. The van der Waals surface area contributed by atoms with Crippen molar-refractivity contribution in [3.63, 3.8) is 0 Å². The van der Waals surface area contributed by atoms with E-state index in [2.05, 4.69) is 25.4 Å². The van der Waals surface area contributed by atoms with Gasteiger partial charge in [0.25, 0.3) is 0 Å². The van der Waals surface area contributed by atoms with Crippen LogP contribution in [0, 0.1) is 0 Å². The third kappa shape index (κ3) is 4.43. The Labute approximate surface area is 97.6 Å². The average Bonchev–Trinajstić information content (AvgIpc) is 2.25. The van der Waals surface area contributed by atoms with E-state index < -0.39 is 0 Å². The van der Waals surface area contributed by atoms with Crippen molar-refractivity contribution >= 4 is 17.7 Å². The van der Waals surface area contributed by atoms with E-state index in [1.165, 1.54) is 0 Å². The highest BCUT2D eigenvalue weighted by Crippen LogP contribution is 2.29. The minimum atomic E-state index is -0.250. The van der Waals surface area contributed by atoms with Gasteiger partial charge in [-0.25, -0.2) is 0 Å². The fraction of sp³-hybridized carbons (Fsp3) is 0.909. The molecule has 0 saturated carbocycles. The monoisotopic (exact) mass is 232 g/mol. The first-order valence-corrected chi connectivity index (χ1v) is 6.85. The van der Waals surface area contributed by atoms with Gasteiger partial charge in [-0.15, -0.1) is 0 Å². The average molecular weight is 232 g/mol. The normalized spacial score (nSPS) is 13.9. The first-order chi connectivity index (χ1) is 7.05. The fourth-order valence-corrected chi connectivity index (χ4v) is 2.42. The van der Waals surface area contributed by atoms with Crippen molar-refractivity contribution in [1.82, 2.24) is 5.32 Å². The number of amides is 1. The van der Waals surface area contributed by atoms with Crippen LogP contribution in [0.25, 0.3) is 0 Å². The summed E-state index contributed by atoms with van der Waals surface area (Å²) in [6.07, 6.45) is 5.09. The number of carbonyl (C=O) groups is 1. The van der Waals surface area contributed by atoms with Gasteiger partial charge < -0.3 is 11.1 Å². The van der Waals surface area contributed by atoms with E-state index in [1.54, 1.807) is 0 Å². The maximum absolute atomic E-state index is 11.1. The zero-order chi connectivity index (χ0) is 11.9. The second-order valence-electron chi connectivity index (χ2n) is 3.84. The zero-order valence-electron chi connectivity index (χ0n) is 10.3. The van der Waals surface area contributed by atoms with E-state index in [0.717, 1.165) is 25.8 Å². The third-order valence-corrected chi connectivity index (χ3v) is 4.73. The van der Waals surface area contributed by atoms with Crippen LogP contribution in [0.5, 0.6) is 0 Å². The first kappa shape index (κ1) is 14.8. The van der Waals surface area contributed by atoms with Gasteiger partial charge in [-0.2, -0.15) is 11.8 Å². The Bertz CT molecular complexity index is 185. The van der Waals surface area contributed by atoms with Crippen LogP contribution in [0.15, 0.2) is 0 Å². The van der Waals surface area contributed by atoms with Gasteiger partial charge >= 0.3 is 0 Å². The summed E-state index contributed by atoms with van der Waals surface area (Å²) in [7, 11) is 0. The summed E-state index contributed by atoms with van der Waals surface area (Å²) in [5.41, 5.74) is 5.29. The van der Waals surface area contributed by atoms with Crippen LogP contribution in [0.3, 0.4) is 0 Å². The van der Waals surface area contributed by atoms with Crippen LogP contribution in [0.4, 0.5) is 0 Å². The molecule has 0 radical (unpaired) electrons. The molecule has 15 heavy (non-hydrogen) atoms. The van der Waals surface area contributed by atoms with E-state index in [0.29, 0.717) is 0 Å². The van der Waals surface area contributed by atoms with Crippen molar-refractivity contribution in [3.8, 4) is 0 Å². The second kappa shape index (κ2) is 7.12. The predicted octanol–water partition coefficient (Wildman–Crippen LogP) is 1.76. The molecule has 4 heteroatoms. The molecule has 1 unspecified atom stereocenters. The highest BCUT2D eigenvalue weighted by Gasteiger charge is 2.26. The number of primary amides is 1. The van der Waals surface area contributed by atoms with Gasteiger partial charge in [-0.3, -0.25) is 4.79 Å². The molecule has 0 aromatic carbocycles. The second-order valence-corrected chi connectivity index (χ2v) is 5.11. The molecule has 0 spiro atoms. The standard InChI is InChI=1S/C11H24N2OS/c1-5-9(10(12)14)13-8-11(6-2,7-3)15-4/h9,13H,5-8H2,1-4H3,(H2,12,14). The molecular weight excluding hydrogens is 208 g/mol. The van der Waals surface area contributed by atoms with Crippen molar-refractivity contribution in [2.75, 3.05) is 12.8 Å². The number of nitrogens with two attached hydrogens (primary N) is 1. The van der Waals surface area contributed by atoms with Crippen LogP contribution >= 0.6 is 11.8 Å². The molecule has 0 saturated heterocycles. The lowest BCUT2D eigenvalue weighted by Crippen LogP contribution is -2.47. The van der Waals surface area contributed by atoms with E-state index >= 15 is 0 Å². The smallest absolute Gasteiger partial charge is 0.234 e. The number of carbonyl (C=O) groups excluding carboxylic acids is 1. The molecular formula is C11H24N2OS. The van der Waals surface area contributed by atoms with Crippen molar-refractivity contribution in [2.24, 2.45) is 5.73 Å². The zero-order valence-corrected chi connectivity index (χ0v) is 11.1. The number of rotatable bonds is 8. The summed E-state index contributed by atoms with van der Waals surface area (Å²) in [4.78, 5) is 11.1. The Kier molecular flexibility index (Phi) is 7.02. The Morgan fingerprint density at radius 3 is 2.20 bits per heavy atom. The minimum Gasteiger partial charge on any atom is -0.368 e. The van der Waals surface area contributed by atoms with Gasteiger partial charge in [0.05, 0.1) is 6.04 Å². The molecule has 0 rings (SSSR count). The summed E-state index contributed by atoms with van der Waals surface area (Å²) in [6.45, 7) is 7.20. The molecule has 1 amide bonds. The topological polar surface area (TPSA) is 55.1 Å². The molecule has 3 N–H and O–H groups in total. The number of nitrogens with one attached hydrogen (secondary N) is 1. The lowest BCUT2D eigenvalue weighted by atomic mass is 10.0. The van der Waals surface area contributed by atoms with Gasteiger partial charge in [-0.1, -0.05) is 20.8 Å². The minimum absolute atomic E-state index is 0.186. The summed E-state index contributed by atoms with van der Waals surface area (Å²) in [6, 6.07) is -0.186. The van der Waals surface area contributed by atoms with E-state index in [4.69, 9.17) is 5.73 Å². The van der Waals surface area contributed by atoms with Gasteiger partial charge in [-0.05, 0) is 25.5 Å². The summed E-state index contributed by atoms with van der Waals surface area (Å²) >= 11 is 1.87. The fourth-order valence-electron chi connectivity index (χ4n) is 1.62. The molecule has 0 aromatic heterocycles. The first-order valence-electron chi connectivity index (χ1n) is 5.63. The molecule has 0 bridgehead atoms. The van der Waals surface area contributed by atoms with E-state index in [-0.39, 0.29) is 16.7 Å². The van der Waals surface area contributed by atoms with Crippen LogP contribution in [-0.4, -0.2) is 29.5 Å². The molecule has 90 valence electrons. The Morgan fingerprint density at radius 1 is 1.40 bits per heavy atom. The van der Waals surface area contributed by atoms with Crippen LogP contribution in [-0.2, 0) is 4.79 Å². The largest absolute Gasteiger partial charge is 0.368 e. The highest BCUT2D eigenvalue weighted by atomic mass is 32.2. The Hall–Kier alpha value is -0.220.